The van der Waals surface area contributed by atoms with Crippen LogP contribution in [0.2, 0.25) is 0 Å². The van der Waals surface area contributed by atoms with Crippen molar-refractivity contribution in [3.63, 3.8) is 0 Å². The Hall–Kier alpha value is -2.01. The number of sulfone groups is 1. The third-order valence-electron chi connectivity index (χ3n) is 2.80. The van der Waals surface area contributed by atoms with Crippen molar-refractivity contribution >= 4 is 15.7 Å². The molecule has 8 heteroatoms. The number of rotatable bonds is 6. The molecule has 0 aliphatic rings. The molecule has 0 atom stereocenters. The van der Waals surface area contributed by atoms with Crippen molar-refractivity contribution in [3.8, 4) is 6.07 Å². The van der Waals surface area contributed by atoms with Gasteiger partial charge in [-0.15, -0.1) is 0 Å². The van der Waals surface area contributed by atoms with Crippen molar-refractivity contribution in [1.82, 2.24) is 4.90 Å². The normalized spacial score (nSPS) is 11.0. The zero-order valence-electron chi connectivity index (χ0n) is 11.3. The summed E-state index contributed by atoms with van der Waals surface area (Å²) in [7, 11) is -2.65. The van der Waals surface area contributed by atoms with Crippen molar-refractivity contribution in [2.45, 2.75) is 17.7 Å². The SMILES string of the molecule is CN(CCC#N)C(=O)CCS(=O)(=O)c1cc(F)ccc1F. The number of benzene rings is 1. The summed E-state index contributed by atoms with van der Waals surface area (Å²) in [6.07, 6.45) is -0.228. The highest BCUT2D eigenvalue weighted by Gasteiger charge is 2.22. The maximum Gasteiger partial charge on any atom is 0.223 e. The minimum Gasteiger partial charge on any atom is -0.345 e. The summed E-state index contributed by atoms with van der Waals surface area (Å²) in [5, 5.41) is 8.40. The molecule has 0 saturated heterocycles. The van der Waals surface area contributed by atoms with Gasteiger partial charge in [-0.05, 0) is 18.2 Å². The molecular formula is C13H14F2N2O3S. The van der Waals surface area contributed by atoms with Crippen molar-refractivity contribution in [2.24, 2.45) is 0 Å². The number of nitrogens with zero attached hydrogens (tertiary/aromatic N) is 2. The van der Waals surface area contributed by atoms with E-state index in [4.69, 9.17) is 5.26 Å². The zero-order valence-corrected chi connectivity index (χ0v) is 12.2. The molecule has 0 saturated carbocycles. The Bertz CT molecular complexity index is 668. The van der Waals surface area contributed by atoms with Crippen LogP contribution in [0.4, 0.5) is 8.78 Å². The van der Waals surface area contributed by atoms with E-state index in [2.05, 4.69) is 0 Å². The molecule has 0 spiro atoms. The van der Waals surface area contributed by atoms with Crippen LogP contribution in [0, 0.1) is 23.0 Å². The van der Waals surface area contributed by atoms with Crippen LogP contribution in [0.1, 0.15) is 12.8 Å². The first-order valence-electron chi connectivity index (χ1n) is 6.06. The molecule has 0 radical (unpaired) electrons. The molecule has 1 aromatic carbocycles. The van der Waals surface area contributed by atoms with Gasteiger partial charge in [0.15, 0.2) is 9.84 Å². The Morgan fingerprint density at radius 1 is 1.38 bits per heavy atom. The molecule has 1 rings (SSSR count). The fraction of sp³-hybridized carbons (Fsp3) is 0.385. The van der Waals surface area contributed by atoms with E-state index in [9.17, 15) is 22.0 Å². The van der Waals surface area contributed by atoms with Gasteiger partial charge < -0.3 is 4.90 Å². The van der Waals surface area contributed by atoms with E-state index in [0.717, 1.165) is 12.1 Å². The maximum absolute atomic E-state index is 13.4. The molecule has 0 heterocycles. The van der Waals surface area contributed by atoms with Crippen LogP contribution in [0.25, 0.3) is 0 Å². The van der Waals surface area contributed by atoms with E-state index >= 15 is 0 Å². The lowest BCUT2D eigenvalue weighted by Crippen LogP contribution is -2.29. The zero-order chi connectivity index (χ0) is 16.0. The Kier molecular flexibility index (Phi) is 5.79. The second-order valence-electron chi connectivity index (χ2n) is 4.37. The summed E-state index contributed by atoms with van der Waals surface area (Å²) in [5.74, 6) is -3.02. The predicted octanol–water partition coefficient (Wildman–Crippen LogP) is 1.50. The van der Waals surface area contributed by atoms with Crippen molar-refractivity contribution in [1.29, 1.82) is 5.26 Å². The van der Waals surface area contributed by atoms with Gasteiger partial charge in [-0.3, -0.25) is 4.79 Å². The Morgan fingerprint density at radius 3 is 2.67 bits per heavy atom. The molecule has 0 unspecified atom stereocenters. The van der Waals surface area contributed by atoms with E-state index in [0.29, 0.717) is 6.07 Å². The number of hydrogen-bond acceptors (Lipinski definition) is 4. The summed E-state index contributed by atoms with van der Waals surface area (Å²) >= 11 is 0. The van der Waals surface area contributed by atoms with Crippen LogP contribution >= 0.6 is 0 Å². The minimum absolute atomic E-state index is 0.132. The summed E-state index contributed by atoms with van der Waals surface area (Å²) < 4.78 is 50.3. The van der Waals surface area contributed by atoms with Crippen molar-refractivity contribution in [2.75, 3.05) is 19.3 Å². The molecular weight excluding hydrogens is 302 g/mol. The van der Waals surface area contributed by atoms with Gasteiger partial charge in [0.05, 0.1) is 18.2 Å². The third-order valence-corrected chi connectivity index (χ3v) is 4.52. The van der Waals surface area contributed by atoms with Crippen LogP contribution in [0.3, 0.4) is 0 Å². The number of hydrogen-bond donors (Lipinski definition) is 0. The quantitative estimate of drug-likeness (QED) is 0.797. The van der Waals surface area contributed by atoms with Crippen LogP contribution in [-0.2, 0) is 14.6 Å². The smallest absolute Gasteiger partial charge is 0.223 e. The van der Waals surface area contributed by atoms with E-state index in [-0.39, 0.29) is 19.4 Å². The monoisotopic (exact) mass is 316 g/mol. The fourth-order valence-electron chi connectivity index (χ4n) is 1.58. The number of carbonyl (C=O) groups excluding carboxylic acids is 1. The predicted molar refractivity (Wildman–Crippen MR) is 70.9 cm³/mol. The lowest BCUT2D eigenvalue weighted by atomic mass is 10.3. The van der Waals surface area contributed by atoms with Gasteiger partial charge in [0.1, 0.15) is 16.5 Å². The molecule has 0 aliphatic heterocycles. The van der Waals surface area contributed by atoms with Crippen LogP contribution in [0.15, 0.2) is 23.1 Å². The molecule has 114 valence electrons. The molecule has 21 heavy (non-hydrogen) atoms. The average Bonchev–Trinajstić information content (AvgIpc) is 2.44. The first-order valence-corrected chi connectivity index (χ1v) is 7.72. The second-order valence-corrected chi connectivity index (χ2v) is 6.44. The second kappa shape index (κ2) is 7.13. The molecule has 1 aromatic rings. The van der Waals surface area contributed by atoms with Crippen molar-refractivity contribution in [3.05, 3.63) is 29.8 Å². The lowest BCUT2D eigenvalue weighted by Gasteiger charge is -2.15. The van der Waals surface area contributed by atoms with Gasteiger partial charge in [0.2, 0.25) is 5.91 Å². The largest absolute Gasteiger partial charge is 0.345 e. The molecule has 0 aliphatic carbocycles. The topological polar surface area (TPSA) is 78.2 Å². The Morgan fingerprint density at radius 2 is 2.05 bits per heavy atom. The molecule has 0 N–H and O–H groups in total. The van der Waals surface area contributed by atoms with Crippen LogP contribution in [-0.4, -0.2) is 38.6 Å². The van der Waals surface area contributed by atoms with Gasteiger partial charge in [-0.25, -0.2) is 17.2 Å². The highest BCUT2D eigenvalue weighted by molar-refractivity contribution is 7.91. The fourth-order valence-corrected chi connectivity index (χ4v) is 2.90. The molecule has 0 fully saturated rings. The van der Waals surface area contributed by atoms with Gasteiger partial charge in [-0.1, -0.05) is 0 Å². The average molecular weight is 316 g/mol. The molecule has 0 bridgehead atoms. The number of carbonyl (C=O) groups is 1. The van der Waals surface area contributed by atoms with Gasteiger partial charge in [0, 0.05) is 20.0 Å². The third kappa shape index (κ3) is 4.79. The molecule has 5 nitrogen and oxygen atoms in total. The Labute approximate surface area is 121 Å². The minimum atomic E-state index is -4.09. The van der Waals surface area contributed by atoms with E-state index in [1.54, 1.807) is 0 Å². The van der Waals surface area contributed by atoms with Crippen LogP contribution < -0.4 is 0 Å². The van der Waals surface area contributed by atoms with E-state index < -0.39 is 38.0 Å². The standard InChI is InChI=1S/C13H14F2N2O3S/c1-17(7-2-6-16)13(18)5-8-21(19,20)12-9-10(14)3-4-11(12)15/h3-4,9H,2,5,7-8H2,1H3. The summed E-state index contributed by atoms with van der Waals surface area (Å²) in [6, 6.07) is 3.99. The summed E-state index contributed by atoms with van der Waals surface area (Å²) in [6.45, 7) is 0.184. The highest BCUT2D eigenvalue weighted by Crippen LogP contribution is 2.18. The van der Waals surface area contributed by atoms with Gasteiger partial charge in [0.25, 0.3) is 0 Å². The highest BCUT2D eigenvalue weighted by atomic mass is 32.2. The number of amides is 1. The summed E-state index contributed by atoms with van der Waals surface area (Å²) in [5.41, 5.74) is 0. The summed E-state index contributed by atoms with van der Waals surface area (Å²) in [4.78, 5) is 12.1. The molecule has 1 amide bonds. The first kappa shape index (κ1) is 17.0. The van der Waals surface area contributed by atoms with Gasteiger partial charge >= 0.3 is 0 Å². The van der Waals surface area contributed by atoms with E-state index in [1.165, 1.54) is 11.9 Å². The first-order chi connectivity index (χ1) is 9.77. The molecule has 0 aromatic heterocycles. The van der Waals surface area contributed by atoms with Crippen molar-refractivity contribution < 1.29 is 22.0 Å². The van der Waals surface area contributed by atoms with Crippen LogP contribution in [0.5, 0.6) is 0 Å². The maximum atomic E-state index is 13.4. The number of halogens is 2. The lowest BCUT2D eigenvalue weighted by molar-refractivity contribution is -0.129. The number of nitriles is 1. The van der Waals surface area contributed by atoms with Gasteiger partial charge in [-0.2, -0.15) is 5.26 Å². The van der Waals surface area contributed by atoms with E-state index in [1.807, 2.05) is 6.07 Å². The Balaban J connectivity index is 2.76.